The van der Waals surface area contributed by atoms with Crippen molar-refractivity contribution in [3.8, 4) is 17.2 Å². The molecule has 1 aromatic heterocycles. The first-order chi connectivity index (χ1) is 12.3. The molecule has 7 heteroatoms. The Morgan fingerprint density at radius 2 is 1.85 bits per heavy atom. The summed E-state index contributed by atoms with van der Waals surface area (Å²) in [4.78, 5) is 15.6. The third-order valence-corrected chi connectivity index (χ3v) is 4.79. The molecule has 0 saturated heterocycles. The molecule has 26 heavy (non-hydrogen) atoms. The number of carbonyl (C=O) groups is 1. The zero-order chi connectivity index (χ0) is 19.0. The molecule has 3 aromatic rings. The van der Waals surface area contributed by atoms with Gasteiger partial charge in [0.05, 0.1) is 16.4 Å². The number of methoxy groups -OCH3 is 1. The number of fused-ring (bicyclic) bond motifs is 1. The molecule has 1 heterocycles. The van der Waals surface area contributed by atoms with Gasteiger partial charge >= 0.3 is 5.97 Å². The largest absolute Gasteiger partial charge is 0.505 e. The number of phenols is 2. The van der Waals surface area contributed by atoms with Crippen LogP contribution in [0.2, 0.25) is 0 Å². The Hall–Kier alpha value is -2.81. The smallest absolute Gasteiger partial charge is 0.339 e. The van der Waals surface area contributed by atoms with Gasteiger partial charge in [-0.15, -0.1) is 0 Å². The highest BCUT2D eigenvalue weighted by molar-refractivity contribution is 14.1. The zero-order valence-corrected chi connectivity index (χ0v) is 15.8. The molecule has 2 aromatic carbocycles. The van der Waals surface area contributed by atoms with Crippen molar-refractivity contribution in [3.63, 3.8) is 0 Å². The summed E-state index contributed by atoms with van der Waals surface area (Å²) >= 11 is 1.99. The summed E-state index contributed by atoms with van der Waals surface area (Å²) in [5.74, 6) is -1.26. The van der Waals surface area contributed by atoms with Crippen LogP contribution in [-0.4, -0.2) is 33.4 Å². The number of carboxylic acid groups (broad SMARTS) is 1. The average molecular weight is 463 g/mol. The van der Waals surface area contributed by atoms with Gasteiger partial charge in [0.2, 0.25) is 0 Å². The van der Waals surface area contributed by atoms with Crippen molar-refractivity contribution in [2.75, 3.05) is 7.11 Å². The predicted molar refractivity (Wildman–Crippen MR) is 106 cm³/mol. The molecule has 0 fully saturated rings. The van der Waals surface area contributed by atoms with E-state index in [2.05, 4.69) is 11.6 Å². The molecule has 0 unspecified atom stereocenters. The number of aromatic nitrogens is 1. The fourth-order valence-electron chi connectivity index (χ4n) is 2.57. The zero-order valence-electron chi connectivity index (χ0n) is 13.7. The van der Waals surface area contributed by atoms with Gasteiger partial charge in [-0.2, -0.15) is 0 Å². The Labute approximate surface area is 162 Å². The third kappa shape index (κ3) is 3.05. The SMILES string of the molecule is C=C(c1cc(I)c(O)c(OC)c1)c1ccc2ccc(C(=O)O)c(O)c2n1. The molecule has 0 aliphatic heterocycles. The van der Waals surface area contributed by atoms with E-state index >= 15 is 0 Å². The van der Waals surface area contributed by atoms with Crippen molar-refractivity contribution in [3.05, 3.63) is 63.4 Å². The number of hydrogen-bond donors (Lipinski definition) is 3. The maximum Gasteiger partial charge on any atom is 0.339 e. The number of halogens is 1. The van der Waals surface area contributed by atoms with Crippen LogP contribution in [0, 0.1) is 3.57 Å². The topological polar surface area (TPSA) is 99.9 Å². The molecule has 3 rings (SSSR count). The van der Waals surface area contributed by atoms with Gasteiger partial charge in [0.25, 0.3) is 0 Å². The van der Waals surface area contributed by atoms with Gasteiger partial charge < -0.3 is 20.1 Å². The normalized spacial score (nSPS) is 10.7. The van der Waals surface area contributed by atoms with Crippen LogP contribution in [0.4, 0.5) is 0 Å². The Kier molecular flexibility index (Phi) is 4.73. The summed E-state index contributed by atoms with van der Waals surface area (Å²) < 4.78 is 5.75. The van der Waals surface area contributed by atoms with E-state index in [9.17, 15) is 15.0 Å². The maximum atomic E-state index is 11.2. The fourth-order valence-corrected chi connectivity index (χ4v) is 3.17. The summed E-state index contributed by atoms with van der Waals surface area (Å²) in [6.45, 7) is 4.03. The number of aromatic carboxylic acids is 1. The molecule has 6 nitrogen and oxygen atoms in total. The summed E-state index contributed by atoms with van der Waals surface area (Å²) in [6, 6.07) is 9.76. The van der Waals surface area contributed by atoms with E-state index in [0.717, 1.165) is 0 Å². The van der Waals surface area contributed by atoms with Crippen molar-refractivity contribution in [1.82, 2.24) is 4.98 Å². The quantitative estimate of drug-likeness (QED) is 0.506. The number of carboxylic acids is 1. The van der Waals surface area contributed by atoms with Gasteiger partial charge in [-0.3, -0.25) is 0 Å². The van der Waals surface area contributed by atoms with E-state index in [-0.39, 0.29) is 22.6 Å². The molecule has 0 bridgehead atoms. The Morgan fingerprint density at radius 3 is 2.50 bits per heavy atom. The number of ether oxygens (including phenoxy) is 1. The van der Waals surface area contributed by atoms with Crippen LogP contribution < -0.4 is 4.74 Å². The van der Waals surface area contributed by atoms with Crippen LogP contribution in [0.3, 0.4) is 0 Å². The molecular weight excluding hydrogens is 449 g/mol. The Morgan fingerprint density at radius 1 is 1.15 bits per heavy atom. The minimum absolute atomic E-state index is 0.0415. The van der Waals surface area contributed by atoms with Gasteiger partial charge in [0.1, 0.15) is 11.1 Å². The average Bonchev–Trinajstić information content (AvgIpc) is 2.63. The van der Waals surface area contributed by atoms with Crippen molar-refractivity contribution in [2.24, 2.45) is 0 Å². The van der Waals surface area contributed by atoms with E-state index in [0.29, 0.717) is 31.5 Å². The third-order valence-electron chi connectivity index (χ3n) is 3.97. The second-order valence-corrected chi connectivity index (χ2v) is 6.68. The molecule has 0 atom stereocenters. The van der Waals surface area contributed by atoms with Crippen molar-refractivity contribution < 1.29 is 24.9 Å². The van der Waals surface area contributed by atoms with Gasteiger partial charge in [0.15, 0.2) is 17.2 Å². The molecule has 0 saturated carbocycles. The van der Waals surface area contributed by atoms with Crippen LogP contribution in [-0.2, 0) is 0 Å². The van der Waals surface area contributed by atoms with Crippen molar-refractivity contribution in [2.45, 2.75) is 0 Å². The Bertz CT molecular complexity index is 1060. The standard InChI is InChI=1S/C19H14INO5/c1-9(11-7-13(20)18(23)15(8-11)26-2)14-6-4-10-3-5-12(19(24)25)17(22)16(10)21-14/h3-8,22-23H,1H2,2H3,(H,24,25). The van der Waals surface area contributed by atoms with E-state index in [1.54, 1.807) is 30.3 Å². The van der Waals surface area contributed by atoms with Crippen LogP contribution in [0.15, 0.2) is 43.0 Å². The molecule has 0 radical (unpaired) electrons. The van der Waals surface area contributed by atoms with Crippen molar-refractivity contribution in [1.29, 1.82) is 0 Å². The second kappa shape index (κ2) is 6.83. The van der Waals surface area contributed by atoms with Crippen LogP contribution in [0.1, 0.15) is 21.6 Å². The summed E-state index contributed by atoms with van der Waals surface area (Å²) in [7, 11) is 1.46. The molecule has 0 aliphatic carbocycles. The van der Waals surface area contributed by atoms with E-state index in [1.807, 2.05) is 22.6 Å². The highest BCUT2D eigenvalue weighted by atomic mass is 127. The second-order valence-electron chi connectivity index (χ2n) is 5.52. The number of rotatable bonds is 4. The lowest BCUT2D eigenvalue weighted by atomic mass is 10.0. The first-order valence-corrected chi connectivity index (χ1v) is 8.53. The molecule has 0 amide bonds. The number of pyridine rings is 1. The first-order valence-electron chi connectivity index (χ1n) is 7.45. The number of nitrogens with zero attached hydrogens (tertiary/aromatic N) is 1. The van der Waals surface area contributed by atoms with E-state index in [4.69, 9.17) is 9.84 Å². The van der Waals surface area contributed by atoms with Crippen LogP contribution in [0.5, 0.6) is 17.2 Å². The lowest BCUT2D eigenvalue weighted by Crippen LogP contribution is -1.99. The lowest BCUT2D eigenvalue weighted by Gasteiger charge is -2.12. The maximum absolute atomic E-state index is 11.2. The van der Waals surface area contributed by atoms with Crippen LogP contribution >= 0.6 is 22.6 Å². The fraction of sp³-hybridized carbons (Fsp3) is 0.0526. The number of phenolic OH excluding ortho intramolecular Hbond substituents is 1. The lowest BCUT2D eigenvalue weighted by molar-refractivity contribution is 0.0694. The van der Waals surface area contributed by atoms with Gasteiger partial charge in [-0.1, -0.05) is 18.7 Å². The van der Waals surface area contributed by atoms with Crippen molar-refractivity contribution >= 4 is 45.0 Å². The molecule has 132 valence electrons. The highest BCUT2D eigenvalue weighted by Crippen LogP contribution is 2.36. The molecule has 0 spiro atoms. The number of aromatic hydroxyl groups is 2. The van der Waals surface area contributed by atoms with Crippen LogP contribution in [0.25, 0.3) is 16.5 Å². The first kappa shape index (κ1) is 18.0. The number of hydrogen-bond acceptors (Lipinski definition) is 5. The minimum atomic E-state index is -1.23. The van der Waals surface area contributed by atoms with Gasteiger partial charge in [-0.05, 0) is 52.4 Å². The highest BCUT2D eigenvalue weighted by Gasteiger charge is 2.16. The molecule has 0 aliphatic rings. The van der Waals surface area contributed by atoms with E-state index in [1.165, 1.54) is 13.2 Å². The summed E-state index contributed by atoms with van der Waals surface area (Å²) in [5, 5.41) is 30.0. The summed E-state index contributed by atoms with van der Waals surface area (Å²) in [6.07, 6.45) is 0. The monoisotopic (exact) mass is 463 g/mol. The molecule has 3 N–H and O–H groups in total. The minimum Gasteiger partial charge on any atom is -0.505 e. The summed E-state index contributed by atoms with van der Waals surface area (Å²) in [5.41, 5.74) is 1.67. The van der Waals surface area contributed by atoms with Gasteiger partial charge in [0, 0.05) is 11.0 Å². The number of benzene rings is 2. The van der Waals surface area contributed by atoms with E-state index < -0.39 is 5.97 Å². The Balaban J connectivity index is 2.13. The molecular formula is C19H14INO5. The van der Waals surface area contributed by atoms with Gasteiger partial charge in [-0.25, -0.2) is 9.78 Å². The predicted octanol–water partition coefficient (Wildman–Crippen LogP) is 4.02.